The molecule has 2 heterocycles. The Morgan fingerprint density at radius 1 is 1.14 bits per heavy atom. The molecule has 2 aromatic carbocycles. The Balaban J connectivity index is 1.71. The molecule has 4 rings (SSSR count). The molecule has 0 spiro atoms. The lowest BCUT2D eigenvalue weighted by Crippen LogP contribution is -2.13. The van der Waals surface area contributed by atoms with Crippen LogP contribution in [0.15, 0.2) is 42.5 Å². The minimum atomic E-state index is -0.00893. The first-order valence-corrected chi connectivity index (χ1v) is 9.11. The van der Waals surface area contributed by atoms with Gasteiger partial charge in [0, 0.05) is 12.1 Å². The number of aliphatic hydroxyl groups is 1. The first kappa shape index (κ1) is 18.1. The van der Waals surface area contributed by atoms with Gasteiger partial charge in [-0.05, 0) is 30.3 Å². The molecular weight excluding hydrogens is 356 g/mol. The molecule has 4 aromatic rings. The van der Waals surface area contributed by atoms with Gasteiger partial charge >= 0.3 is 0 Å². The highest BCUT2D eigenvalue weighted by molar-refractivity contribution is 5.98. The number of nitrogen functional groups attached to an aromatic ring is 1. The van der Waals surface area contributed by atoms with E-state index in [-0.39, 0.29) is 12.4 Å². The molecule has 0 fully saturated rings. The molecule has 0 bridgehead atoms. The van der Waals surface area contributed by atoms with Gasteiger partial charge in [-0.15, -0.1) is 0 Å². The van der Waals surface area contributed by atoms with Crippen LogP contribution in [0.3, 0.4) is 0 Å². The van der Waals surface area contributed by atoms with Crippen LogP contribution >= 0.6 is 0 Å². The normalized spacial score (nSPS) is 11.5. The summed E-state index contributed by atoms with van der Waals surface area (Å²) in [7, 11) is 0. The zero-order chi connectivity index (χ0) is 19.5. The number of nitrogens with zero attached hydrogens (tertiary/aromatic N) is 3. The van der Waals surface area contributed by atoms with Gasteiger partial charge in [-0.1, -0.05) is 12.1 Å². The lowest BCUT2D eigenvalue weighted by molar-refractivity contribution is 0.0871. The first-order chi connectivity index (χ1) is 13.7. The van der Waals surface area contributed by atoms with E-state index in [0.717, 1.165) is 33.7 Å². The van der Waals surface area contributed by atoms with Crippen molar-refractivity contribution in [3.05, 3.63) is 59.7 Å². The van der Waals surface area contributed by atoms with E-state index in [2.05, 4.69) is 14.5 Å². The zero-order valence-electron chi connectivity index (χ0n) is 15.4. The summed E-state index contributed by atoms with van der Waals surface area (Å²) < 4.78 is 7.51. The van der Waals surface area contributed by atoms with E-state index >= 15 is 0 Å². The molecule has 8 heteroatoms. The monoisotopic (exact) mass is 378 g/mol. The Kier molecular flexibility index (Phi) is 5.05. The first-order valence-electron chi connectivity index (χ1n) is 9.11. The minimum absolute atomic E-state index is 0.00893. The van der Waals surface area contributed by atoms with Crippen molar-refractivity contribution < 1.29 is 9.84 Å². The number of amidine groups is 1. The van der Waals surface area contributed by atoms with Crippen LogP contribution in [0.5, 0.6) is 0 Å². The molecule has 0 aliphatic heterocycles. The van der Waals surface area contributed by atoms with Gasteiger partial charge in [0.05, 0.1) is 48.3 Å². The number of nitrogens with one attached hydrogen (secondary N) is 2. The molecule has 0 aliphatic carbocycles. The smallest absolute Gasteiger partial charge is 0.122 e. The van der Waals surface area contributed by atoms with Crippen LogP contribution < -0.4 is 5.73 Å². The predicted octanol–water partition coefficient (Wildman–Crippen LogP) is 1.80. The van der Waals surface area contributed by atoms with Crippen LogP contribution in [0.2, 0.25) is 0 Å². The third-order valence-corrected chi connectivity index (χ3v) is 4.60. The van der Waals surface area contributed by atoms with Crippen molar-refractivity contribution >= 4 is 27.9 Å². The fourth-order valence-corrected chi connectivity index (χ4v) is 3.29. The van der Waals surface area contributed by atoms with Gasteiger partial charge in [-0.25, -0.2) is 9.97 Å². The molecule has 0 amide bonds. The van der Waals surface area contributed by atoms with E-state index in [1.54, 1.807) is 6.07 Å². The van der Waals surface area contributed by atoms with Gasteiger partial charge in [0.15, 0.2) is 0 Å². The van der Waals surface area contributed by atoms with Crippen LogP contribution in [0.4, 0.5) is 0 Å². The Bertz CT molecular complexity index is 1100. The van der Waals surface area contributed by atoms with Crippen LogP contribution in [0, 0.1) is 5.41 Å². The Morgan fingerprint density at radius 3 is 2.79 bits per heavy atom. The number of aromatic nitrogens is 4. The molecule has 0 saturated heterocycles. The minimum Gasteiger partial charge on any atom is -0.394 e. The number of para-hydroxylation sites is 2. The summed E-state index contributed by atoms with van der Waals surface area (Å²) in [6.45, 7) is 1.31. The van der Waals surface area contributed by atoms with Crippen molar-refractivity contribution in [2.75, 3.05) is 19.8 Å². The number of hydrogen-bond donors (Lipinski definition) is 4. The maximum absolute atomic E-state index is 8.92. The van der Waals surface area contributed by atoms with Gasteiger partial charge in [-0.2, -0.15) is 0 Å². The summed E-state index contributed by atoms with van der Waals surface area (Å²) in [5.74, 6) is 1.70. The molecule has 5 N–H and O–H groups in total. The van der Waals surface area contributed by atoms with Crippen LogP contribution in [-0.2, 0) is 17.7 Å². The molecule has 0 atom stereocenters. The highest BCUT2D eigenvalue weighted by atomic mass is 16.5. The predicted molar refractivity (Wildman–Crippen MR) is 108 cm³/mol. The Labute approximate surface area is 161 Å². The maximum atomic E-state index is 8.92. The number of imidazole rings is 2. The quantitative estimate of drug-likeness (QED) is 0.211. The highest BCUT2D eigenvalue weighted by Gasteiger charge is 2.14. The van der Waals surface area contributed by atoms with Crippen LogP contribution in [-0.4, -0.2) is 50.3 Å². The lowest BCUT2D eigenvalue weighted by Gasteiger charge is -2.09. The second-order valence-electron chi connectivity index (χ2n) is 6.51. The number of benzene rings is 2. The fraction of sp³-hybridized carbons (Fsp3) is 0.250. The molecule has 8 nitrogen and oxygen atoms in total. The SMILES string of the molecule is N=C(N)c1ccc2nc(Cc3nc4ccccc4[nH]3)n(CCOCCO)c2c1. The summed E-state index contributed by atoms with van der Waals surface area (Å²) in [6, 6.07) is 13.5. The molecule has 0 saturated carbocycles. The van der Waals surface area contributed by atoms with E-state index in [9.17, 15) is 0 Å². The molecule has 144 valence electrons. The topological polar surface area (TPSA) is 126 Å². The number of fused-ring (bicyclic) bond motifs is 2. The van der Waals surface area contributed by atoms with Gasteiger partial charge in [0.1, 0.15) is 17.5 Å². The maximum Gasteiger partial charge on any atom is 0.122 e. The summed E-state index contributed by atoms with van der Waals surface area (Å²) in [4.78, 5) is 12.8. The third kappa shape index (κ3) is 3.60. The standard InChI is InChI=1S/C20H22N6O2/c21-20(22)13-5-6-16-17(11-13)26(7-9-28-10-8-27)19(25-16)12-18-23-14-3-1-2-4-15(14)24-18/h1-6,11,27H,7-10,12H2,(H3,21,22)(H,23,24). The fourth-order valence-electron chi connectivity index (χ4n) is 3.29. The summed E-state index contributed by atoms with van der Waals surface area (Å²) >= 11 is 0. The Morgan fingerprint density at radius 2 is 2.00 bits per heavy atom. The van der Waals surface area contributed by atoms with Gasteiger partial charge in [0.2, 0.25) is 0 Å². The number of aromatic amines is 1. The molecule has 2 aromatic heterocycles. The van der Waals surface area contributed by atoms with E-state index in [0.29, 0.717) is 31.7 Å². The van der Waals surface area contributed by atoms with Crippen molar-refractivity contribution in [2.24, 2.45) is 5.73 Å². The van der Waals surface area contributed by atoms with E-state index < -0.39 is 0 Å². The number of nitrogens with two attached hydrogens (primary N) is 1. The van der Waals surface area contributed by atoms with Gasteiger partial charge in [-0.3, -0.25) is 5.41 Å². The number of ether oxygens (including phenoxy) is 1. The van der Waals surface area contributed by atoms with E-state index in [1.807, 2.05) is 36.4 Å². The second-order valence-corrected chi connectivity index (χ2v) is 6.51. The van der Waals surface area contributed by atoms with Crippen LogP contribution in [0.1, 0.15) is 17.2 Å². The number of H-pyrrole nitrogens is 1. The van der Waals surface area contributed by atoms with Crippen molar-refractivity contribution in [3.63, 3.8) is 0 Å². The molecule has 0 radical (unpaired) electrons. The van der Waals surface area contributed by atoms with Crippen molar-refractivity contribution in [2.45, 2.75) is 13.0 Å². The molecular formula is C20H22N6O2. The van der Waals surface area contributed by atoms with Crippen molar-refractivity contribution in [3.8, 4) is 0 Å². The summed E-state index contributed by atoms with van der Waals surface area (Å²) in [5, 5.41) is 16.6. The highest BCUT2D eigenvalue weighted by Crippen LogP contribution is 2.21. The summed E-state index contributed by atoms with van der Waals surface area (Å²) in [6.07, 6.45) is 0.540. The summed E-state index contributed by atoms with van der Waals surface area (Å²) in [5.41, 5.74) is 9.95. The zero-order valence-corrected chi connectivity index (χ0v) is 15.4. The average molecular weight is 378 g/mol. The average Bonchev–Trinajstić information content (AvgIpc) is 3.25. The van der Waals surface area contributed by atoms with E-state index in [4.69, 9.17) is 26.0 Å². The van der Waals surface area contributed by atoms with Gasteiger partial charge in [0.25, 0.3) is 0 Å². The molecule has 28 heavy (non-hydrogen) atoms. The molecule has 0 aliphatic rings. The van der Waals surface area contributed by atoms with Gasteiger partial charge < -0.3 is 25.1 Å². The third-order valence-electron chi connectivity index (χ3n) is 4.60. The number of hydrogen-bond acceptors (Lipinski definition) is 5. The van der Waals surface area contributed by atoms with Crippen molar-refractivity contribution in [1.82, 2.24) is 19.5 Å². The number of rotatable bonds is 8. The lowest BCUT2D eigenvalue weighted by atomic mass is 10.2. The molecule has 0 unspecified atom stereocenters. The number of aliphatic hydroxyl groups excluding tert-OH is 1. The second kappa shape index (κ2) is 7.79. The van der Waals surface area contributed by atoms with Crippen LogP contribution in [0.25, 0.3) is 22.1 Å². The van der Waals surface area contributed by atoms with Crippen molar-refractivity contribution in [1.29, 1.82) is 5.41 Å². The van der Waals surface area contributed by atoms with E-state index in [1.165, 1.54) is 0 Å². The largest absolute Gasteiger partial charge is 0.394 e. The Hall–Kier alpha value is -3.23.